The maximum Gasteiger partial charge on any atom is 0.403 e. The maximum atomic E-state index is 13.7. The van der Waals surface area contributed by atoms with Gasteiger partial charge in [0.2, 0.25) is 5.91 Å². The molecule has 2 heterocycles. The Hall–Kier alpha value is -3.79. The SMILES string of the molecule is Cn1c(-c2ccc(Cl)cc2)cc2cc(CC(=O)c3cc(CNC(=O)C4(C(F)(F)F)CC4)cnc3C(F)F)ccc21. The fraction of sp³-hybridized carbons (Fsp3) is 0.276. The Bertz CT molecular complexity index is 1610. The molecule has 0 bridgehead atoms. The second-order valence-corrected chi connectivity index (χ2v) is 10.4. The summed E-state index contributed by atoms with van der Waals surface area (Å²) in [6.45, 7) is -0.378. The number of nitrogens with zero attached hydrogens (tertiary/aromatic N) is 2. The van der Waals surface area contributed by atoms with E-state index in [0.29, 0.717) is 10.6 Å². The van der Waals surface area contributed by atoms with Crippen LogP contribution in [0.3, 0.4) is 0 Å². The first-order chi connectivity index (χ1) is 18.9. The number of nitrogens with one attached hydrogen (secondary N) is 1. The van der Waals surface area contributed by atoms with Crippen molar-refractivity contribution in [2.24, 2.45) is 12.5 Å². The second kappa shape index (κ2) is 10.3. The molecule has 1 aliphatic rings. The minimum absolute atomic E-state index is 0.144. The normalized spacial score (nSPS) is 14.5. The van der Waals surface area contributed by atoms with Crippen LogP contribution in [0.15, 0.2) is 60.8 Å². The Morgan fingerprint density at radius 2 is 1.75 bits per heavy atom. The summed E-state index contributed by atoms with van der Waals surface area (Å²) in [5.41, 5.74) is 0.0315. The molecule has 0 unspecified atom stereocenters. The predicted octanol–water partition coefficient (Wildman–Crippen LogP) is 7.22. The summed E-state index contributed by atoms with van der Waals surface area (Å²) in [6.07, 6.45) is -7.49. The number of hydrogen-bond donors (Lipinski definition) is 1. The van der Waals surface area contributed by atoms with Crippen LogP contribution in [0, 0.1) is 5.41 Å². The third kappa shape index (κ3) is 5.20. The molecule has 2 aromatic heterocycles. The van der Waals surface area contributed by atoms with Crippen LogP contribution in [0.25, 0.3) is 22.2 Å². The highest BCUT2D eigenvalue weighted by Crippen LogP contribution is 2.57. The highest BCUT2D eigenvalue weighted by atomic mass is 35.5. The number of halogens is 6. The lowest BCUT2D eigenvalue weighted by Gasteiger charge is -2.18. The molecule has 0 aliphatic heterocycles. The summed E-state index contributed by atoms with van der Waals surface area (Å²) in [5.74, 6) is -1.81. The maximum absolute atomic E-state index is 13.7. The highest BCUT2D eigenvalue weighted by molar-refractivity contribution is 6.30. The number of benzene rings is 2. The molecule has 11 heteroatoms. The van der Waals surface area contributed by atoms with Crippen molar-refractivity contribution in [3.8, 4) is 11.3 Å². The number of ketones is 1. The van der Waals surface area contributed by atoms with E-state index in [2.05, 4.69) is 10.3 Å². The molecule has 1 amide bonds. The lowest BCUT2D eigenvalue weighted by atomic mass is 9.99. The zero-order chi connectivity index (χ0) is 28.8. The molecular formula is C29H23ClF5N3O2. The van der Waals surface area contributed by atoms with E-state index in [1.54, 1.807) is 24.3 Å². The number of rotatable bonds is 8. The summed E-state index contributed by atoms with van der Waals surface area (Å²) in [5, 5.41) is 3.67. The molecule has 0 radical (unpaired) electrons. The van der Waals surface area contributed by atoms with Gasteiger partial charge >= 0.3 is 6.18 Å². The van der Waals surface area contributed by atoms with Crippen LogP contribution in [-0.4, -0.2) is 27.4 Å². The van der Waals surface area contributed by atoms with E-state index in [1.807, 2.05) is 35.9 Å². The van der Waals surface area contributed by atoms with Crippen LogP contribution in [0.2, 0.25) is 5.02 Å². The summed E-state index contributed by atoms with van der Waals surface area (Å²) in [4.78, 5) is 29.0. The van der Waals surface area contributed by atoms with E-state index in [9.17, 15) is 31.5 Å². The van der Waals surface area contributed by atoms with Crippen LogP contribution < -0.4 is 5.32 Å². The molecule has 40 heavy (non-hydrogen) atoms. The van der Waals surface area contributed by atoms with Crippen LogP contribution in [-0.2, 0) is 24.8 Å². The molecule has 4 aromatic rings. The number of amides is 1. The molecule has 0 spiro atoms. The van der Waals surface area contributed by atoms with E-state index in [4.69, 9.17) is 11.6 Å². The van der Waals surface area contributed by atoms with Crippen LogP contribution in [0.5, 0.6) is 0 Å². The smallest absolute Gasteiger partial charge is 0.351 e. The van der Waals surface area contributed by atoms with Gasteiger partial charge in [-0.05, 0) is 65.9 Å². The van der Waals surface area contributed by atoms with Gasteiger partial charge in [0.1, 0.15) is 11.1 Å². The van der Waals surface area contributed by atoms with E-state index in [1.165, 1.54) is 0 Å². The van der Waals surface area contributed by atoms with Crippen molar-refractivity contribution < 1.29 is 31.5 Å². The average Bonchev–Trinajstić information content (AvgIpc) is 3.67. The standard InChI is InChI=1S/C29H23ClF5N3O2/c1-38-22-7-2-16(10-19(22)13-23(38)18-3-5-20(30)6-4-18)12-24(39)21-11-17(14-36-25(21)26(31)32)15-37-27(40)28(8-9-28)29(33,34)35/h2-7,10-11,13-14,26H,8-9,12,15H2,1H3,(H,37,40). The number of carbonyl (C=O) groups is 2. The van der Waals surface area contributed by atoms with Crippen molar-refractivity contribution in [2.75, 3.05) is 0 Å². The summed E-state index contributed by atoms with van der Waals surface area (Å²) < 4.78 is 69.0. The van der Waals surface area contributed by atoms with Crippen molar-refractivity contribution in [1.82, 2.24) is 14.9 Å². The van der Waals surface area contributed by atoms with Crippen LogP contribution >= 0.6 is 11.6 Å². The molecular weight excluding hydrogens is 553 g/mol. The van der Waals surface area contributed by atoms with Crippen molar-refractivity contribution in [3.63, 3.8) is 0 Å². The van der Waals surface area contributed by atoms with Gasteiger partial charge in [0, 0.05) is 53.4 Å². The number of Topliss-reactive ketones (excluding diaryl/α,β-unsaturated/α-hetero) is 1. The van der Waals surface area contributed by atoms with E-state index in [0.717, 1.165) is 34.4 Å². The Morgan fingerprint density at radius 3 is 2.38 bits per heavy atom. The van der Waals surface area contributed by atoms with Crippen molar-refractivity contribution in [1.29, 1.82) is 0 Å². The number of fused-ring (bicyclic) bond motifs is 1. The third-order valence-corrected chi connectivity index (χ3v) is 7.53. The number of hydrogen-bond acceptors (Lipinski definition) is 3. The van der Waals surface area contributed by atoms with Gasteiger partial charge in [0.15, 0.2) is 5.78 Å². The van der Waals surface area contributed by atoms with E-state index in [-0.39, 0.29) is 36.9 Å². The Kier molecular flexibility index (Phi) is 7.16. The molecule has 1 saturated carbocycles. The number of pyridine rings is 1. The van der Waals surface area contributed by atoms with Gasteiger partial charge in [-0.1, -0.05) is 29.8 Å². The quantitative estimate of drug-likeness (QED) is 0.178. The van der Waals surface area contributed by atoms with Crippen molar-refractivity contribution in [3.05, 3.63) is 88.2 Å². The third-order valence-electron chi connectivity index (χ3n) is 7.27. The number of carbonyl (C=O) groups excluding carboxylic acids is 2. The lowest BCUT2D eigenvalue weighted by molar-refractivity contribution is -0.192. The minimum atomic E-state index is -4.68. The van der Waals surface area contributed by atoms with Crippen LogP contribution in [0.4, 0.5) is 22.0 Å². The molecule has 1 N–H and O–H groups in total. The molecule has 0 saturated heterocycles. The second-order valence-electron chi connectivity index (χ2n) is 9.93. The molecule has 0 atom stereocenters. The van der Waals surface area contributed by atoms with Gasteiger partial charge < -0.3 is 9.88 Å². The zero-order valence-electron chi connectivity index (χ0n) is 21.2. The van der Waals surface area contributed by atoms with Crippen molar-refractivity contribution in [2.45, 2.75) is 38.4 Å². The molecule has 1 fully saturated rings. The van der Waals surface area contributed by atoms with Gasteiger partial charge in [-0.3, -0.25) is 14.6 Å². The van der Waals surface area contributed by atoms with E-state index >= 15 is 0 Å². The number of aryl methyl sites for hydroxylation is 1. The van der Waals surface area contributed by atoms with Crippen molar-refractivity contribution >= 4 is 34.2 Å². The Morgan fingerprint density at radius 1 is 1.05 bits per heavy atom. The predicted molar refractivity (Wildman–Crippen MR) is 140 cm³/mol. The summed E-state index contributed by atoms with van der Waals surface area (Å²) in [6, 6.07) is 15.8. The van der Waals surface area contributed by atoms with Gasteiger partial charge in [0.25, 0.3) is 6.43 Å². The number of aromatic nitrogens is 2. The molecule has 2 aromatic carbocycles. The monoisotopic (exact) mass is 575 g/mol. The molecule has 208 valence electrons. The summed E-state index contributed by atoms with van der Waals surface area (Å²) >= 11 is 6.00. The molecule has 5 rings (SSSR count). The first-order valence-corrected chi connectivity index (χ1v) is 12.8. The first kappa shape index (κ1) is 27.8. The van der Waals surface area contributed by atoms with Gasteiger partial charge in [0.05, 0.1) is 0 Å². The van der Waals surface area contributed by atoms with Gasteiger partial charge in [-0.15, -0.1) is 0 Å². The lowest BCUT2D eigenvalue weighted by Crippen LogP contribution is -2.40. The topological polar surface area (TPSA) is 64.0 Å². The van der Waals surface area contributed by atoms with Gasteiger partial charge in [-0.2, -0.15) is 13.2 Å². The van der Waals surface area contributed by atoms with Gasteiger partial charge in [-0.25, -0.2) is 8.78 Å². The Balaban J connectivity index is 1.36. The molecule has 1 aliphatic carbocycles. The Labute approximate surface area is 231 Å². The fourth-order valence-electron chi connectivity index (χ4n) is 4.82. The summed E-state index contributed by atoms with van der Waals surface area (Å²) in [7, 11) is 1.90. The minimum Gasteiger partial charge on any atom is -0.351 e. The number of alkyl halides is 5. The van der Waals surface area contributed by atoms with E-state index < -0.39 is 35.4 Å². The zero-order valence-corrected chi connectivity index (χ0v) is 21.9. The average molecular weight is 576 g/mol. The highest BCUT2D eigenvalue weighted by Gasteiger charge is 2.68. The largest absolute Gasteiger partial charge is 0.403 e. The molecule has 5 nitrogen and oxygen atoms in total. The fourth-order valence-corrected chi connectivity index (χ4v) is 4.94. The first-order valence-electron chi connectivity index (χ1n) is 12.4. The van der Waals surface area contributed by atoms with Crippen LogP contribution in [0.1, 0.15) is 46.4 Å².